The number of nitrogens with zero attached hydrogens (tertiary/aromatic N) is 3. The van der Waals surface area contributed by atoms with Gasteiger partial charge in [-0.3, -0.25) is 4.79 Å². The Hall–Kier alpha value is -1.14. The Kier molecular flexibility index (Phi) is 44.2. The number of methoxy groups -OCH3 is 2. The van der Waals surface area contributed by atoms with Crippen molar-refractivity contribution in [2.45, 2.75) is 26.9 Å². The zero-order chi connectivity index (χ0) is 22.8. The van der Waals surface area contributed by atoms with Crippen LogP contribution in [-0.2, 0) is 23.8 Å². The molecule has 0 bridgehead atoms. The molecule has 1 heterocycles. The van der Waals surface area contributed by atoms with Crippen molar-refractivity contribution in [3.8, 4) is 0 Å². The summed E-state index contributed by atoms with van der Waals surface area (Å²) in [5, 5.41) is 2.78. The summed E-state index contributed by atoms with van der Waals surface area (Å²) in [4.78, 5) is 21.9. The van der Waals surface area contributed by atoms with Crippen LogP contribution in [0.2, 0.25) is 0 Å². The molecule has 9 nitrogen and oxygen atoms in total. The van der Waals surface area contributed by atoms with Crippen LogP contribution in [-0.4, -0.2) is 62.9 Å². The summed E-state index contributed by atoms with van der Waals surface area (Å²) in [7, 11) is 5.90. The maximum atomic E-state index is 10.2. The number of thiol groups is 2. The molecule has 27 heavy (non-hydrogen) atoms. The topological polar surface area (TPSA) is 140 Å². The number of carbonyl (C=O) groups is 2. The van der Waals surface area contributed by atoms with Crippen LogP contribution < -0.4 is 5.73 Å². The molecule has 0 aromatic heterocycles. The summed E-state index contributed by atoms with van der Waals surface area (Å²) >= 11 is 11.4. The third-order valence-electron chi connectivity index (χ3n) is 1.38. The largest absolute Gasteiger partial charge is 0.466 e. The van der Waals surface area contributed by atoms with Crippen LogP contribution in [0.1, 0.15) is 20.8 Å². The van der Waals surface area contributed by atoms with E-state index in [1.165, 1.54) is 28.1 Å². The van der Waals surface area contributed by atoms with Crippen LogP contribution in [0.5, 0.6) is 0 Å². The molecule has 1 aliphatic heterocycles. The van der Waals surface area contributed by atoms with Crippen molar-refractivity contribution in [2.75, 3.05) is 41.5 Å². The lowest BCUT2D eigenvalue weighted by molar-refractivity contribution is -0.136. The van der Waals surface area contributed by atoms with E-state index < -0.39 is 0 Å². The van der Waals surface area contributed by atoms with Crippen molar-refractivity contribution in [3.63, 3.8) is 0 Å². The van der Waals surface area contributed by atoms with Crippen molar-refractivity contribution in [1.29, 1.82) is 0 Å². The van der Waals surface area contributed by atoms with Crippen molar-refractivity contribution in [3.05, 3.63) is 22.6 Å². The van der Waals surface area contributed by atoms with Gasteiger partial charge in [0.2, 0.25) is 0 Å². The Morgan fingerprint density at radius 3 is 1.67 bits per heavy atom. The summed E-state index contributed by atoms with van der Waals surface area (Å²) < 4.78 is 14.5. The molecule has 1 fully saturated rings. The normalized spacial score (nSPS) is 11.6. The number of hydrogen-bond acceptors (Lipinski definition) is 8. The summed E-state index contributed by atoms with van der Waals surface area (Å²) in [6.07, 6.45) is 0.426. The lowest BCUT2D eigenvalue weighted by Crippen LogP contribution is -1.98. The second-order valence-corrected chi connectivity index (χ2v) is 6.23. The van der Waals surface area contributed by atoms with E-state index in [0.29, 0.717) is 15.9 Å². The van der Waals surface area contributed by atoms with E-state index in [2.05, 4.69) is 64.6 Å². The van der Waals surface area contributed by atoms with Crippen molar-refractivity contribution in [2.24, 2.45) is 10.8 Å². The minimum Gasteiger partial charge on any atom is -0.466 e. The summed E-state index contributed by atoms with van der Waals surface area (Å²) in [5.74, 6) is -0.347. The predicted molar refractivity (Wildman–Crippen MR) is 121 cm³/mol. The molecule has 160 valence electrons. The monoisotopic (exact) mass is 444 g/mol. The van der Waals surface area contributed by atoms with Crippen LogP contribution in [0.15, 0.2) is 17.3 Å². The summed E-state index contributed by atoms with van der Waals surface area (Å²) in [6, 6.07) is 0. The molecule has 12 heteroatoms. The van der Waals surface area contributed by atoms with E-state index in [9.17, 15) is 9.59 Å². The molecule has 1 rings (SSSR count). The molecule has 0 amide bonds. The van der Waals surface area contributed by atoms with Gasteiger partial charge in [-0.25, -0.2) is 4.79 Å². The number of nitrogens with two attached hydrogens (primary N) is 1. The standard InChI is InChI=1S/C5H8O2.C4H8O2.C2H4OS.C2H4S2.CH3N3.CH5N/c1-4(2)5(6)7-3;1-5-2-4-3-6-4;2*1-2(3)4;1-3-4-2;1-2/h1H2,2-3H3;4H,2-3H2,1H3;2*1H3,(H,3,4);1H3;2H2,1H3. The number of ether oxygens (including phenoxy) is 3. The number of rotatable bonds is 3. The number of epoxide rings is 1. The van der Waals surface area contributed by atoms with Gasteiger partial charge in [0.25, 0.3) is 0 Å². The minimum absolute atomic E-state index is 0.139. The molecule has 2 N–H and O–H groups in total. The van der Waals surface area contributed by atoms with Gasteiger partial charge >= 0.3 is 5.97 Å². The molecule has 1 atom stereocenters. The van der Waals surface area contributed by atoms with Gasteiger partial charge in [-0.1, -0.05) is 23.9 Å². The highest BCUT2D eigenvalue weighted by molar-refractivity contribution is 8.11. The van der Waals surface area contributed by atoms with Crippen molar-refractivity contribution in [1.82, 2.24) is 0 Å². The lowest BCUT2D eigenvalue weighted by atomic mass is 10.4. The first-order valence-corrected chi connectivity index (χ1v) is 8.54. The number of esters is 1. The van der Waals surface area contributed by atoms with E-state index >= 15 is 0 Å². The first-order valence-electron chi connectivity index (χ1n) is 7.24. The van der Waals surface area contributed by atoms with Gasteiger partial charge in [-0.2, -0.15) is 0 Å². The summed E-state index contributed by atoms with van der Waals surface area (Å²) in [5.41, 5.74) is 12.3. The highest BCUT2D eigenvalue weighted by atomic mass is 32.1. The van der Waals surface area contributed by atoms with Crippen LogP contribution in [0.25, 0.3) is 10.4 Å². The maximum Gasteiger partial charge on any atom is 0.332 e. The molecule has 1 aliphatic rings. The molecular weight excluding hydrogens is 412 g/mol. The minimum atomic E-state index is -0.347. The first-order chi connectivity index (χ1) is 12.5. The molecular formula is C15H32N4O5S3. The lowest BCUT2D eigenvalue weighted by Gasteiger charge is -1.91. The molecule has 0 aliphatic carbocycles. The molecule has 1 unspecified atom stereocenters. The molecule has 0 aromatic carbocycles. The Morgan fingerprint density at radius 1 is 1.33 bits per heavy atom. The van der Waals surface area contributed by atoms with E-state index in [1.807, 2.05) is 0 Å². The van der Waals surface area contributed by atoms with Gasteiger partial charge in [-0.05, 0) is 26.4 Å². The first kappa shape index (κ1) is 36.7. The number of thiocarbonyl (C=S) groups is 1. The fraction of sp³-hybridized carbons (Fsp3) is 0.667. The van der Waals surface area contributed by atoms with E-state index in [0.717, 1.165) is 13.2 Å². The second kappa shape index (κ2) is 32.5. The van der Waals surface area contributed by atoms with Crippen molar-refractivity contribution < 1.29 is 23.8 Å². The summed E-state index contributed by atoms with van der Waals surface area (Å²) in [6.45, 7) is 9.77. The van der Waals surface area contributed by atoms with Gasteiger partial charge in [0.1, 0.15) is 6.10 Å². The fourth-order valence-corrected chi connectivity index (χ4v) is 0.524. The quantitative estimate of drug-likeness (QED) is 0.0888. The molecule has 0 spiro atoms. The smallest absolute Gasteiger partial charge is 0.332 e. The Bertz CT molecular complexity index is 421. The molecule has 0 radical (unpaired) electrons. The highest BCUT2D eigenvalue weighted by Crippen LogP contribution is 2.06. The number of azide groups is 1. The van der Waals surface area contributed by atoms with Crippen LogP contribution >= 0.6 is 37.5 Å². The average Bonchev–Trinajstić information content (AvgIpc) is 3.40. The van der Waals surface area contributed by atoms with Gasteiger partial charge in [-0.15, -0.1) is 25.3 Å². The maximum absolute atomic E-state index is 10.2. The van der Waals surface area contributed by atoms with Crippen LogP contribution in [0, 0.1) is 0 Å². The predicted octanol–water partition coefficient (Wildman–Crippen LogP) is 2.99. The highest BCUT2D eigenvalue weighted by Gasteiger charge is 2.21. The Balaban J connectivity index is -0.0000000746. The van der Waals surface area contributed by atoms with Gasteiger partial charge < -0.3 is 19.9 Å². The van der Waals surface area contributed by atoms with E-state index in [-0.39, 0.29) is 11.1 Å². The second-order valence-electron chi connectivity index (χ2n) is 4.01. The zero-order valence-corrected chi connectivity index (χ0v) is 19.6. The molecule has 0 saturated carbocycles. The average molecular weight is 445 g/mol. The van der Waals surface area contributed by atoms with Crippen LogP contribution in [0.4, 0.5) is 0 Å². The third kappa shape index (κ3) is 92.4. The third-order valence-corrected chi connectivity index (χ3v) is 1.38. The molecule has 1 saturated heterocycles. The van der Waals surface area contributed by atoms with E-state index in [4.69, 9.17) is 15.0 Å². The Morgan fingerprint density at radius 2 is 1.63 bits per heavy atom. The Labute approximate surface area is 178 Å². The number of carbonyl (C=O) groups excluding carboxylic acids is 2. The van der Waals surface area contributed by atoms with E-state index in [1.54, 1.807) is 21.0 Å². The molecule has 0 aromatic rings. The number of hydrogen-bond donors (Lipinski definition) is 3. The van der Waals surface area contributed by atoms with Gasteiger partial charge in [0.15, 0.2) is 5.12 Å². The van der Waals surface area contributed by atoms with Crippen molar-refractivity contribution >= 4 is 52.8 Å². The van der Waals surface area contributed by atoms with Gasteiger partial charge in [0, 0.05) is 35.8 Å². The van der Waals surface area contributed by atoms with Crippen LogP contribution in [0.3, 0.4) is 0 Å². The zero-order valence-electron chi connectivity index (χ0n) is 17.0. The fourth-order valence-electron chi connectivity index (χ4n) is 0.524. The SMILES string of the molecule is C=C(C)C(=O)OC.CC(=O)S.CC(=S)S.CN.CN=[N+]=[N-].COCC1CO1. The van der Waals surface area contributed by atoms with Gasteiger partial charge in [0.05, 0.1) is 20.3 Å².